The number of nitrogens with zero attached hydrogens (tertiary/aromatic N) is 1. The van der Waals surface area contributed by atoms with Crippen molar-refractivity contribution in [2.45, 2.75) is 24.7 Å². The summed E-state index contributed by atoms with van der Waals surface area (Å²) in [6, 6.07) is 1.86. The fraction of sp³-hybridized carbons (Fsp3) is 0.571. The molecule has 0 bridgehead atoms. The standard InChI is InChI=1S/C14H19F3N4O2.2ClH/c1-23-9-7-11(21-8-9)13(22)20-6-5-19-12-10(14(15,16)17)3-2-4-18-12;;/h2-4,9,11,21H,5-8H2,1H3,(H,18,19)(H,20,22);2*1H/t9-,11-;;/m0../s1. The number of halogens is 5. The molecule has 1 fully saturated rings. The number of amides is 1. The lowest BCUT2D eigenvalue weighted by atomic mass is 10.2. The van der Waals surface area contributed by atoms with Gasteiger partial charge < -0.3 is 20.7 Å². The summed E-state index contributed by atoms with van der Waals surface area (Å²) < 4.78 is 43.5. The van der Waals surface area contributed by atoms with Gasteiger partial charge in [-0.15, -0.1) is 24.8 Å². The molecule has 6 nitrogen and oxygen atoms in total. The van der Waals surface area contributed by atoms with Crippen LogP contribution in [0.5, 0.6) is 0 Å². The maximum atomic E-state index is 12.8. The molecule has 0 saturated carbocycles. The zero-order chi connectivity index (χ0) is 16.9. The first kappa shape index (κ1) is 23.7. The molecule has 0 aliphatic carbocycles. The second kappa shape index (κ2) is 10.6. The Bertz CT molecular complexity index is 549. The molecule has 3 N–H and O–H groups in total. The molecule has 1 saturated heterocycles. The summed E-state index contributed by atoms with van der Waals surface area (Å²) in [4.78, 5) is 15.6. The second-order valence-electron chi connectivity index (χ2n) is 5.17. The van der Waals surface area contributed by atoms with Crippen LogP contribution in [-0.2, 0) is 15.7 Å². The highest BCUT2D eigenvalue weighted by Crippen LogP contribution is 2.33. The van der Waals surface area contributed by atoms with Gasteiger partial charge in [0.15, 0.2) is 0 Å². The van der Waals surface area contributed by atoms with E-state index in [9.17, 15) is 18.0 Å². The van der Waals surface area contributed by atoms with E-state index >= 15 is 0 Å². The Morgan fingerprint density at radius 3 is 2.72 bits per heavy atom. The number of nitrogens with one attached hydrogen (secondary N) is 3. The maximum Gasteiger partial charge on any atom is 0.419 e. The van der Waals surface area contributed by atoms with Crippen LogP contribution < -0.4 is 16.0 Å². The van der Waals surface area contributed by atoms with Crippen LogP contribution in [0.3, 0.4) is 0 Å². The Labute approximate surface area is 156 Å². The number of ether oxygens (including phenoxy) is 1. The van der Waals surface area contributed by atoms with Crippen molar-refractivity contribution in [2.24, 2.45) is 0 Å². The molecule has 11 heteroatoms. The summed E-state index contributed by atoms with van der Waals surface area (Å²) in [6.07, 6.45) is -2.60. The molecule has 144 valence electrons. The van der Waals surface area contributed by atoms with E-state index in [0.717, 1.165) is 6.07 Å². The van der Waals surface area contributed by atoms with Gasteiger partial charge in [0, 0.05) is 32.9 Å². The van der Waals surface area contributed by atoms with Crippen LogP contribution in [0.15, 0.2) is 18.3 Å². The number of aromatic nitrogens is 1. The average molecular weight is 405 g/mol. The van der Waals surface area contributed by atoms with E-state index in [1.54, 1.807) is 7.11 Å². The molecule has 0 unspecified atom stereocenters. The first-order chi connectivity index (χ1) is 10.9. The number of pyridine rings is 1. The minimum absolute atomic E-state index is 0. The van der Waals surface area contributed by atoms with Gasteiger partial charge in [-0.05, 0) is 18.6 Å². The van der Waals surface area contributed by atoms with E-state index in [1.807, 2.05) is 0 Å². The molecule has 2 rings (SSSR count). The van der Waals surface area contributed by atoms with Gasteiger partial charge in [0.05, 0.1) is 17.7 Å². The Morgan fingerprint density at radius 2 is 2.12 bits per heavy atom. The second-order valence-corrected chi connectivity index (χ2v) is 5.17. The SMILES string of the molecule is CO[C@@H]1CN[C@H](C(=O)NCCNc2ncccc2C(F)(F)F)C1.Cl.Cl. The van der Waals surface area contributed by atoms with Gasteiger partial charge in [0.25, 0.3) is 0 Å². The van der Waals surface area contributed by atoms with E-state index in [4.69, 9.17) is 4.74 Å². The molecule has 0 aromatic carbocycles. The third-order valence-electron chi connectivity index (χ3n) is 3.57. The molecule has 2 atom stereocenters. The van der Waals surface area contributed by atoms with Gasteiger partial charge in [0.2, 0.25) is 5.91 Å². The van der Waals surface area contributed by atoms with Gasteiger partial charge in [-0.2, -0.15) is 13.2 Å². The van der Waals surface area contributed by atoms with Gasteiger partial charge >= 0.3 is 6.18 Å². The maximum absolute atomic E-state index is 12.8. The number of anilines is 1. The number of carbonyl (C=O) groups is 1. The third-order valence-corrected chi connectivity index (χ3v) is 3.57. The van der Waals surface area contributed by atoms with E-state index in [0.29, 0.717) is 13.0 Å². The van der Waals surface area contributed by atoms with Crippen LogP contribution in [0, 0.1) is 0 Å². The van der Waals surface area contributed by atoms with Crippen molar-refractivity contribution in [3.05, 3.63) is 23.9 Å². The first-order valence-electron chi connectivity index (χ1n) is 7.21. The molecule has 0 spiro atoms. The first-order valence-corrected chi connectivity index (χ1v) is 7.21. The normalized spacial score (nSPS) is 19.5. The summed E-state index contributed by atoms with van der Waals surface area (Å²) in [5.74, 6) is -0.434. The van der Waals surface area contributed by atoms with Crippen molar-refractivity contribution in [3.63, 3.8) is 0 Å². The molecule has 1 aromatic rings. The summed E-state index contributed by atoms with van der Waals surface area (Å²) >= 11 is 0. The highest BCUT2D eigenvalue weighted by molar-refractivity contribution is 5.85. The zero-order valence-corrected chi connectivity index (χ0v) is 15.1. The number of hydrogen-bond acceptors (Lipinski definition) is 5. The monoisotopic (exact) mass is 404 g/mol. The van der Waals surface area contributed by atoms with E-state index in [-0.39, 0.29) is 61.8 Å². The minimum atomic E-state index is -4.47. The van der Waals surface area contributed by atoms with Crippen molar-refractivity contribution in [1.82, 2.24) is 15.6 Å². The molecule has 1 aliphatic heterocycles. The Morgan fingerprint density at radius 1 is 1.40 bits per heavy atom. The lowest BCUT2D eigenvalue weighted by Crippen LogP contribution is -2.42. The number of methoxy groups -OCH3 is 1. The van der Waals surface area contributed by atoms with Crippen LogP contribution in [0.4, 0.5) is 19.0 Å². The highest BCUT2D eigenvalue weighted by atomic mass is 35.5. The number of carbonyl (C=O) groups excluding carboxylic acids is 1. The molecular formula is C14H21Cl2F3N4O2. The van der Waals surface area contributed by atoms with Crippen molar-refractivity contribution < 1.29 is 22.7 Å². The topological polar surface area (TPSA) is 75.3 Å². The molecular weight excluding hydrogens is 384 g/mol. The van der Waals surface area contributed by atoms with Crippen molar-refractivity contribution in [2.75, 3.05) is 32.1 Å². The van der Waals surface area contributed by atoms with Crippen LogP contribution in [0.25, 0.3) is 0 Å². The van der Waals surface area contributed by atoms with Gasteiger partial charge in [-0.25, -0.2) is 4.98 Å². The summed E-state index contributed by atoms with van der Waals surface area (Å²) in [6.45, 7) is 0.949. The average Bonchev–Trinajstić information content (AvgIpc) is 3.00. The molecule has 1 amide bonds. The molecule has 2 heterocycles. The van der Waals surface area contributed by atoms with Gasteiger partial charge in [-0.3, -0.25) is 4.79 Å². The van der Waals surface area contributed by atoms with Crippen LogP contribution >= 0.6 is 24.8 Å². The highest BCUT2D eigenvalue weighted by Gasteiger charge is 2.34. The Hall–Kier alpha value is -1.29. The Balaban J connectivity index is 0.00000288. The van der Waals surface area contributed by atoms with Crippen molar-refractivity contribution >= 4 is 36.5 Å². The fourth-order valence-electron chi connectivity index (χ4n) is 2.35. The lowest BCUT2D eigenvalue weighted by Gasteiger charge is -2.14. The largest absolute Gasteiger partial charge is 0.419 e. The molecule has 1 aromatic heterocycles. The number of alkyl halides is 3. The van der Waals surface area contributed by atoms with Crippen molar-refractivity contribution in [3.8, 4) is 0 Å². The van der Waals surface area contributed by atoms with Crippen LogP contribution in [0.1, 0.15) is 12.0 Å². The predicted octanol–water partition coefficient (Wildman–Crippen LogP) is 1.85. The van der Waals surface area contributed by atoms with Gasteiger partial charge in [0.1, 0.15) is 5.82 Å². The fourth-order valence-corrected chi connectivity index (χ4v) is 2.35. The number of hydrogen-bond donors (Lipinski definition) is 3. The lowest BCUT2D eigenvalue weighted by molar-refractivity contribution is -0.137. The summed E-state index contributed by atoms with van der Waals surface area (Å²) in [5, 5.41) is 8.29. The van der Waals surface area contributed by atoms with E-state index in [2.05, 4.69) is 20.9 Å². The molecule has 25 heavy (non-hydrogen) atoms. The molecule has 0 radical (unpaired) electrons. The number of rotatable bonds is 6. The third kappa shape index (κ3) is 6.85. The zero-order valence-electron chi connectivity index (χ0n) is 13.4. The van der Waals surface area contributed by atoms with E-state index in [1.165, 1.54) is 12.3 Å². The van der Waals surface area contributed by atoms with E-state index < -0.39 is 11.7 Å². The molecule has 1 aliphatic rings. The van der Waals surface area contributed by atoms with Crippen LogP contribution in [0.2, 0.25) is 0 Å². The predicted molar refractivity (Wildman–Crippen MR) is 92.4 cm³/mol. The summed E-state index contributed by atoms with van der Waals surface area (Å²) in [7, 11) is 1.58. The van der Waals surface area contributed by atoms with Crippen molar-refractivity contribution in [1.29, 1.82) is 0 Å². The quantitative estimate of drug-likeness (QED) is 0.630. The smallest absolute Gasteiger partial charge is 0.380 e. The van der Waals surface area contributed by atoms with Gasteiger partial charge in [-0.1, -0.05) is 0 Å². The summed E-state index contributed by atoms with van der Waals surface area (Å²) in [5.41, 5.74) is -0.827. The Kier molecular flexibility index (Phi) is 10.1. The van der Waals surface area contributed by atoms with Crippen LogP contribution in [-0.4, -0.2) is 49.8 Å². The minimum Gasteiger partial charge on any atom is -0.380 e.